The molecule has 2 aliphatic heterocycles. The number of carbonyl (C=O) groups is 2. The first-order chi connectivity index (χ1) is 14.3. The van der Waals surface area contributed by atoms with E-state index in [1.54, 1.807) is 53.4 Å². The number of anilines is 3. The molecular weight excluding hydrogens is 406 g/mol. The van der Waals surface area contributed by atoms with E-state index in [-0.39, 0.29) is 24.8 Å². The average molecular weight is 429 g/mol. The predicted molar refractivity (Wildman–Crippen MR) is 114 cm³/mol. The van der Waals surface area contributed by atoms with Gasteiger partial charge in [-0.15, -0.1) is 0 Å². The molecule has 9 heteroatoms. The second-order valence-electron chi connectivity index (χ2n) is 7.38. The number of sulfonamides is 1. The highest BCUT2D eigenvalue weighted by Gasteiger charge is 2.31. The molecule has 158 valence electrons. The third-order valence-corrected chi connectivity index (χ3v) is 6.39. The van der Waals surface area contributed by atoms with Gasteiger partial charge in [0, 0.05) is 37.3 Å². The Hall–Kier alpha value is -3.07. The molecule has 8 nitrogen and oxygen atoms in total. The molecule has 2 aromatic rings. The summed E-state index contributed by atoms with van der Waals surface area (Å²) in [6.07, 6.45) is 1.93. The molecule has 0 bridgehead atoms. The minimum absolute atomic E-state index is 0.104. The molecule has 0 saturated carbocycles. The maximum Gasteiger partial charge on any atom is 0.265 e. The summed E-state index contributed by atoms with van der Waals surface area (Å²) in [5.41, 5.74) is 1.81. The SMILES string of the molecule is CS(=O)(=O)N1CC[C@H](C(=O)Nc2ccc(N3CCCC3=O)cc2)Oc2ccccc21. The molecule has 30 heavy (non-hydrogen) atoms. The molecular formula is C21H23N3O5S. The highest BCUT2D eigenvalue weighted by atomic mass is 32.2. The number of fused-ring (bicyclic) bond motifs is 1. The smallest absolute Gasteiger partial charge is 0.265 e. The molecule has 1 atom stereocenters. The van der Waals surface area contributed by atoms with Crippen molar-refractivity contribution in [1.29, 1.82) is 0 Å². The second kappa shape index (κ2) is 7.98. The number of hydrogen-bond acceptors (Lipinski definition) is 5. The monoisotopic (exact) mass is 429 g/mol. The van der Waals surface area contributed by atoms with Crippen molar-refractivity contribution in [3.05, 3.63) is 48.5 Å². The summed E-state index contributed by atoms with van der Waals surface area (Å²) in [6.45, 7) is 0.848. The van der Waals surface area contributed by atoms with Crippen molar-refractivity contribution in [3.63, 3.8) is 0 Å². The van der Waals surface area contributed by atoms with Crippen LogP contribution in [-0.2, 0) is 19.6 Å². The van der Waals surface area contributed by atoms with Gasteiger partial charge in [0.05, 0.1) is 11.9 Å². The second-order valence-corrected chi connectivity index (χ2v) is 9.29. The van der Waals surface area contributed by atoms with E-state index in [4.69, 9.17) is 4.74 Å². The normalized spacial score (nSPS) is 19.1. The van der Waals surface area contributed by atoms with Crippen LogP contribution in [0.2, 0.25) is 0 Å². The summed E-state index contributed by atoms with van der Waals surface area (Å²) in [6, 6.07) is 13.9. The van der Waals surface area contributed by atoms with Crippen LogP contribution in [0.15, 0.2) is 48.5 Å². The van der Waals surface area contributed by atoms with Crippen molar-refractivity contribution in [2.24, 2.45) is 0 Å². The minimum Gasteiger partial charge on any atom is -0.478 e. The molecule has 0 unspecified atom stereocenters. The molecule has 0 aromatic heterocycles. The Morgan fingerprint density at radius 3 is 2.50 bits per heavy atom. The molecule has 1 N–H and O–H groups in total. The molecule has 2 aromatic carbocycles. The van der Waals surface area contributed by atoms with Crippen molar-refractivity contribution in [2.45, 2.75) is 25.4 Å². The topological polar surface area (TPSA) is 96.0 Å². The van der Waals surface area contributed by atoms with Crippen LogP contribution in [0.25, 0.3) is 0 Å². The molecule has 4 rings (SSSR count). The Bertz CT molecular complexity index is 1070. The van der Waals surface area contributed by atoms with E-state index in [9.17, 15) is 18.0 Å². The zero-order chi connectivity index (χ0) is 21.3. The van der Waals surface area contributed by atoms with E-state index in [0.29, 0.717) is 30.1 Å². The lowest BCUT2D eigenvalue weighted by atomic mass is 10.2. The number of benzene rings is 2. The summed E-state index contributed by atoms with van der Waals surface area (Å²) in [5, 5.41) is 2.82. The fourth-order valence-electron chi connectivity index (χ4n) is 3.73. The van der Waals surface area contributed by atoms with Crippen molar-refractivity contribution in [3.8, 4) is 5.75 Å². The number of hydrogen-bond donors (Lipinski definition) is 1. The van der Waals surface area contributed by atoms with Gasteiger partial charge in [-0.2, -0.15) is 0 Å². The van der Waals surface area contributed by atoms with E-state index >= 15 is 0 Å². The van der Waals surface area contributed by atoms with Crippen molar-refractivity contribution >= 4 is 38.9 Å². The molecule has 2 aliphatic rings. The Labute approximate surface area is 175 Å². The van der Waals surface area contributed by atoms with Gasteiger partial charge in [-0.1, -0.05) is 12.1 Å². The van der Waals surface area contributed by atoms with E-state index in [1.165, 1.54) is 4.31 Å². The fourth-order valence-corrected chi connectivity index (χ4v) is 4.67. The van der Waals surface area contributed by atoms with Gasteiger partial charge in [0.25, 0.3) is 5.91 Å². The van der Waals surface area contributed by atoms with Crippen LogP contribution in [0, 0.1) is 0 Å². The quantitative estimate of drug-likeness (QED) is 0.805. The summed E-state index contributed by atoms with van der Waals surface area (Å²) in [5.74, 6) is 0.0985. The van der Waals surface area contributed by atoms with E-state index in [1.807, 2.05) is 0 Å². The molecule has 0 aliphatic carbocycles. The molecule has 0 radical (unpaired) electrons. The van der Waals surface area contributed by atoms with Gasteiger partial charge in [0.2, 0.25) is 15.9 Å². The standard InChI is InChI=1S/C21H23N3O5S/c1-30(27,28)24-14-12-19(29-18-6-3-2-5-17(18)24)21(26)22-15-8-10-16(11-9-15)23-13-4-7-20(23)25/h2-3,5-6,8-11,19H,4,7,12-14H2,1H3,(H,22,26)/t19-/m1/s1. The molecule has 1 saturated heterocycles. The number of nitrogens with one attached hydrogen (secondary N) is 1. The number of amides is 2. The van der Waals surface area contributed by atoms with E-state index in [2.05, 4.69) is 5.32 Å². The number of ether oxygens (including phenoxy) is 1. The Balaban J connectivity index is 1.48. The highest BCUT2D eigenvalue weighted by Crippen LogP contribution is 2.34. The third kappa shape index (κ3) is 4.11. The van der Waals surface area contributed by atoms with Gasteiger partial charge in [0.1, 0.15) is 5.75 Å². The van der Waals surface area contributed by atoms with Crippen LogP contribution in [0.1, 0.15) is 19.3 Å². The number of para-hydroxylation sites is 2. The first-order valence-corrected chi connectivity index (χ1v) is 11.6. The molecule has 2 heterocycles. The van der Waals surface area contributed by atoms with E-state index in [0.717, 1.165) is 18.4 Å². The van der Waals surface area contributed by atoms with Crippen molar-refractivity contribution in [2.75, 3.05) is 33.9 Å². The van der Waals surface area contributed by atoms with Crippen molar-refractivity contribution in [1.82, 2.24) is 0 Å². The van der Waals surface area contributed by atoms with Crippen LogP contribution in [0.5, 0.6) is 5.75 Å². The van der Waals surface area contributed by atoms with Gasteiger partial charge < -0.3 is 15.0 Å². The Kier molecular flexibility index (Phi) is 5.38. The van der Waals surface area contributed by atoms with Crippen LogP contribution in [-0.4, -0.2) is 45.7 Å². The fraction of sp³-hybridized carbons (Fsp3) is 0.333. The average Bonchev–Trinajstić information content (AvgIpc) is 3.03. The van der Waals surface area contributed by atoms with Crippen molar-refractivity contribution < 1.29 is 22.7 Å². The van der Waals surface area contributed by atoms with Crippen LogP contribution >= 0.6 is 0 Å². The lowest BCUT2D eigenvalue weighted by Crippen LogP contribution is -2.36. The molecule has 1 fully saturated rings. The summed E-state index contributed by atoms with van der Waals surface area (Å²) < 4.78 is 31.5. The first kappa shape index (κ1) is 20.2. The van der Waals surface area contributed by atoms with Gasteiger partial charge in [-0.05, 0) is 42.8 Å². The summed E-state index contributed by atoms with van der Waals surface area (Å²) in [7, 11) is -3.50. The lowest BCUT2D eigenvalue weighted by molar-refractivity contribution is -0.122. The zero-order valence-corrected chi connectivity index (χ0v) is 17.4. The zero-order valence-electron chi connectivity index (χ0n) is 16.6. The highest BCUT2D eigenvalue weighted by molar-refractivity contribution is 7.92. The minimum atomic E-state index is -3.50. The number of nitrogens with zero attached hydrogens (tertiary/aromatic N) is 2. The largest absolute Gasteiger partial charge is 0.478 e. The Morgan fingerprint density at radius 1 is 1.10 bits per heavy atom. The molecule has 0 spiro atoms. The van der Waals surface area contributed by atoms with Gasteiger partial charge in [0.15, 0.2) is 6.10 Å². The maximum atomic E-state index is 12.8. The number of carbonyl (C=O) groups excluding carboxylic acids is 2. The maximum absolute atomic E-state index is 12.8. The van der Waals surface area contributed by atoms with Crippen LogP contribution < -0.4 is 19.3 Å². The van der Waals surface area contributed by atoms with E-state index < -0.39 is 16.1 Å². The van der Waals surface area contributed by atoms with Gasteiger partial charge in [-0.3, -0.25) is 13.9 Å². The van der Waals surface area contributed by atoms with Gasteiger partial charge in [-0.25, -0.2) is 8.42 Å². The first-order valence-electron chi connectivity index (χ1n) is 9.77. The molecule has 2 amide bonds. The van der Waals surface area contributed by atoms with Crippen LogP contribution in [0.4, 0.5) is 17.1 Å². The van der Waals surface area contributed by atoms with Gasteiger partial charge >= 0.3 is 0 Å². The third-order valence-electron chi connectivity index (χ3n) is 5.21. The summed E-state index contributed by atoms with van der Waals surface area (Å²) >= 11 is 0. The van der Waals surface area contributed by atoms with Crippen LogP contribution in [0.3, 0.4) is 0 Å². The summed E-state index contributed by atoms with van der Waals surface area (Å²) in [4.78, 5) is 26.4. The Morgan fingerprint density at radius 2 is 1.83 bits per heavy atom. The number of rotatable bonds is 4. The lowest BCUT2D eigenvalue weighted by Gasteiger charge is -2.20. The predicted octanol–water partition coefficient (Wildman–Crippen LogP) is 2.37.